The fourth-order valence-electron chi connectivity index (χ4n) is 2.15. The smallest absolute Gasteiger partial charge is 0.0346 e. The summed E-state index contributed by atoms with van der Waals surface area (Å²) in [6.45, 7) is 0. The van der Waals surface area contributed by atoms with Gasteiger partial charge < -0.3 is 5.73 Å². The Labute approximate surface area is 96.4 Å². The van der Waals surface area contributed by atoms with Gasteiger partial charge in [-0.25, -0.2) is 0 Å². The Morgan fingerprint density at radius 2 is 1.93 bits per heavy atom. The van der Waals surface area contributed by atoms with Crippen LogP contribution in [0, 0.1) is 0 Å². The average Bonchev–Trinajstić information content (AvgIpc) is 2.74. The van der Waals surface area contributed by atoms with Gasteiger partial charge in [0.1, 0.15) is 0 Å². The van der Waals surface area contributed by atoms with Crippen molar-refractivity contribution in [2.24, 2.45) is 0 Å². The summed E-state index contributed by atoms with van der Waals surface area (Å²) >= 11 is 2.13. The minimum atomic E-state index is 0.926. The van der Waals surface area contributed by atoms with Crippen molar-refractivity contribution in [1.29, 1.82) is 0 Å². The molecule has 0 heterocycles. The van der Waals surface area contributed by atoms with Crippen LogP contribution in [0.15, 0.2) is 24.3 Å². The van der Waals surface area contributed by atoms with Crippen LogP contribution in [0.4, 0.5) is 5.69 Å². The molecule has 0 spiro atoms. The molecule has 0 bridgehead atoms. The van der Waals surface area contributed by atoms with Gasteiger partial charge in [0.2, 0.25) is 0 Å². The van der Waals surface area contributed by atoms with Gasteiger partial charge in [-0.3, -0.25) is 0 Å². The molecule has 15 heavy (non-hydrogen) atoms. The molecule has 1 aliphatic carbocycles. The van der Waals surface area contributed by atoms with Crippen molar-refractivity contribution in [3.8, 4) is 0 Å². The molecule has 0 aromatic heterocycles. The van der Waals surface area contributed by atoms with E-state index < -0.39 is 0 Å². The molecule has 82 valence electrons. The summed E-state index contributed by atoms with van der Waals surface area (Å²) in [7, 11) is 0. The first-order valence-electron chi connectivity index (χ1n) is 5.81. The summed E-state index contributed by atoms with van der Waals surface area (Å²) in [5.41, 5.74) is 8.16. The topological polar surface area (TPSA) is 26.0 Å². The summed E-state index contributed by atoms with van der Waals surface area (Å²) in [6.07, 6.45) is 6.84. The van der Waals surface area contributed by atoms with Gasteiger partial charge in [0.25, 0.3) is 0 Å². The maximum absolute atomic E-state index is 5.91. The third kappa shape index (κ3) is 3.16. The van der Waals surface area contributed by atoms with Gasteiger partial charge in [-0.05, 0) is 36.6 Å². The zero-order chi connectivity index (χ0) is 10.5. The Hall–Kier alpha value is -0.630. The van der Waals surface area contributed by atoms with E-state index in [2.05, 4.69) is 23.9 Å². The summed E-state index contributed by atoms with van der Waals surface area (Å²) in [4.78, 5) is 0. The van der Waals surface area contributed by atoms with Crippen LogP contribution in [-0.2, 0) is 6.42 Å². The minimum Gasteiger partial charge on any atom is -0.399 e. The van der Waals surface area contributed by atoms with Crippen molar-refractivity contribution in [3.05, 3.63) is 29.8 Å². The van der Waals surface area contributed by atoms with Crippen molar-refractivity contribution in [3.63, 3.8) is 0 Å². The zero-order valence-electron chi connectivity index (χ0n) is 9.11. The number of hydrogen-bond acceptors (Lipinski definition) is 2. The fourth-order valence-corrected chi connectivity index (χ4v) is 3.49. The van der Waals surface area contributed by atoms with Gasteiger partial charge in [0.05, 0.1) is 0 Å². The number of thioether (sulfide) groups is 1. The van der Waals surface area contributed by atoms with E-state index in [1.54, 1.807) is 0 Å². The highest BCUT2D eigenvalue weighted by Crippen LogP contribution is 2.30. The van der Waals surface area contributed by atoms with Gasteiger partial charge in [-0.1, -0.05) is 31.0 Å². The molecule has 2 heteroatoms. The van der Waals surface area contributed by atoms with Gasteiger partial charge in [-0.15, -0.1) is 0 Å². The lowest BCUT2D eigenvalue weighted by atomic mass is 10.1. The molecule has 0 amide bonds. The van der Waals surface area contributed by atoms with Crippen LogP contribution in [0.2, 0.25) is 0 Å². The monoisotopic (exact) mass is 221 g/mol. The first-order chi connectivity index (χ1) is 7.36. The highest BCUT2D eigenvalue weighted by molar-refractivity contribution is 7.99. The molecule has 1 aliphatic rings. The van der Waals surface area contributed by atoms with E-state index in [1.807, 2.05) is 12.1 Å². The van der Waals surface area contributed by atoms with Crippen molar-refractivity contribution < 1.29 is 0 Å². The summed E-state index contributed by atoms with van der Waals surface area (Å²) < 4.78 is 0. The standard InChI is InChI=1S/C13H19NS/c14-13-8-4-1-5-11(13)9-10-15-12-6-2-3-7-12/h1,4-5,8,12H,2-3,6-7,9-10,14H2. The number of hydrogen-bond donors (Lipinski definition) is 1. The number of nitrogen functional groups attached to an aromatic ring is 1. The van der Waals surface area contributed by atoms with E-state index in [0.717, 1.165) is 17.4 Å². The maximum Gasteiger partial charge on any atom is 0.0346 e. The fraction of sp³-hybridized carbons (Fsp3) is 0.538. The molecule has 1 fully saturated rings. The quantitative estimate of drug-likeness (QED) is 0.788. The van der Waals surface area contributed by atoms with E-state index in [-0.39, 0.29) is 0 Å². The van der Waals surface area contributed by atoms with Crippen molar-refractivity contribution in [2.45, 2.75) is 37.4 Å². The number of anilines is 1. The second-order valence-electron chi connectivity index (χ2n) is 4.23. The second kappa shape index (κ2) is 5.45. The number of aryl methyl sites for hydroxylation is 1. The van der Waals surface area contributed by atoms with Crippen LogP contribution in [0.3, 0.4) is 0 Å². The molecular weight excluding hydrogens is 202 g/mol. The Kier molecular flexibility index (Phi) is 3.95. The summed E-state index contributed by atoms with van der Waals surface area (Å²) in [6, 6.07) is 8.22. The normalized spacial score (nSPS) is 17.1. The molecule has 1 aromatic carbocycles. The van der Waals surface area contributed by atoms with Crippen LogP contribution in [0.5, 0.6) is 0 Å². The van der Waals surface area contributed by atoms with Crippen LogP contribution in [0.25, 0.3) is 0 Å². The van der Waals surface area contributed by atoms with E-state index in [4.69, 9.17) is 5.73 Å². The third-order valence-electron chi connectivity index (χ3n) is 3.08. The molecule has 1 saturated carbocycles. The van der Waals surface area contributed by atoms with Crippen LogP contribution >= 0.6 is 11.8 Å². The first kappa shape index (κ1) is 10.9. The number of benzene rings is 1. The van der Waals surface area contributed by atoms with Gasteiger partial charge >= 0.3 is 0 Å². The molecule has 0 unspecified atom stereocenters. The molecule has 0 saturated heterocycles. The molecular formula is C13H19NS. The van der Waals surface area contributed by atoms with Gasteiger partial charge in [0.15, 0.2) is 0 Å². The molecule has 1 aromatic rings. The Bertz CT molecular complexity index is 305. The van der Waals surface area contributed by atoms with Crippen molar-refractivity contribution >= 4 is 17.4 Å². The largest absolute Gasteiger partial charge is 0.399 e. The second-order valence-corrected chi connectivity index (χ2v) is 5.63. The molecule has 2 rings (SSSR count). The molecule has 0 radical (unpaired) electrons. The number of nitrogens with two attached hydrogens (primary N) is 1. The van der Waals surface area contributed by atoms with E-state index in [0.29, 0.717) is 0 Å². The molecule has 0 atom stereocenters. The zero-order valence-corrected chi connectivity index (χ0v) is 9.93. The van der Waals surface area contributed by atoms with Crippen LogP contribution < -0.4 is 5.73 Å². The highest BCUT2D eigenvalue weighted by Gasteiger charge is 2.14. The molecule has 2 N–H and O–H groups in total. The lowest BCUT2D eigenvalue weighted by Crippen LogP contribution is -2.00. The third-order valence-corrected chi connectivity index (χ3v) is 4.46. The van der Waals surface area contributed by atoms with Gasteiger partial charge in [0, 0.05) is 10.9 Å². The predicted octanol–water partition coefficient (Wildman–Crippen LogP) is 3.49. The lowest BCUT2D eigenvalue weighted by molar-refractivity contribution is 0.886. The number of para-hydroxylation sites is 1. The first-order valence-corrected chi connectivity index (χ1v) is 6.86. The summed E-state index contributed by atoms with van der Waals surface area (Å²) in [5.74, 6) is 1.22. The maximum atomic E-state index is 5.91. The van der Waals surface area contributed by atoms with Crippen molar-refractivity contribution in [2.75, 3.05) is 11.5 Å². The predicted molar refractivity (Wildman–Crippen MR) is 69.3 cm³/mol. The Balaban J connectivity index is 1.75. The summed E-state index contributed by atoms with van der Waals surface area (Å²) in [5, 5.41) is 0.926. The highest BCUT2D eigenvalue weighted by atomic mass is 32.2. The van der Waals surface area contributed by atoms with E-state index in [1.165, 1.54) is 37.0 Å². The van der Waals surface area contributed by atoms with Gasteiger partial charge in [-0.2, -0.15) is 11.8 Å². The van der Waals surface area contributed by atoms with Crippen molar-refractivity contribution in [1.82, 2.24) is 0 Å². The average molecular weight is 221 g/mol. The van der Waals surface area contributed by atoms with E-state index in [9.17, 15) is 0 Å². The Morgan fingerprint density at radius 1 is 1.20 bits per heavy atom. The molecule has 0 aliphatic heterocycles. The van der Waals surface area contributed by atoms with Crippen LogP contribution in [-0.4, -0.2) is 11.0 Å². The van der Waals surface area contributed by atoms with E-state index >= 15 is 0 Å². The minimum absolute atomic E-state index is 0.926. The number of rotatable bonds is 4. The Morgan fingerprint density at radius 3 is 2.67 bits per heavy atom. The SMILES string of the molecule is Nc1ccccc1CCSC1CCCC1. The van der Waals surface area contributed by atoms with Crippen LogP contribution in [0.1, 0.15) is 31.2 Å². The molecule has 1 nitrogen and oxygen atoms in total. The lowest BCUT2D eigenvalue weighted by Gasteiger charge is -2.09.